The normalized spacial score (nSPS) is 14.0. The Morgan fingerprint density at radius 2 is 1.84 bits per heavy atom. The van der Waals surface area contributed by atoms with Crippen LogP contribution in [0, 0.1) is 6.92 Å². The number of benzene rings is 2. The fraction of sp³-hybridized carbons (Fsp3) is 0.238. The number of hydrogen-bond acceptors (Lipinski definition) is 9. The Labute approximate surface area is 202 Å². The molecule has 1 aliphatic rings. The average Bonchev–Trinajstić information content (AvgIpc) is 2.78. The summed E-state index contributed by atoms with van der Waals surface area (Å²) in [7, 11) is 0. The van der Waals surface area contributed by atoms with E-state index in [9.17, 15) is 5.11 Å². The van der Waals surface area contributed by atoms with Gasteiger partial charge in [0, 0.05) is 27.6 Å². The molecule has 0 amide bonds. The lowest BCUT2D eigenvalue weighted by Gasteiger charge is -2.27. The molecule has 0 radical (unpaired) electrons. The molecule has 0 saturated carbocycles. The van der Waals surface area contributed by atoms with E-state index in [1.807, 2.05) is 30.0 Å². The predicted octanol–water partition coefficient (Wildman–Crippen LogP) is 4.44. The van der Waals surface area contributed by atoms with Crippen LogP contribution in [0.3, 0.4) is 0 Å². The molecule has 2 heterocycles. The Kier molecular flexibility index (Phi) is 7.18. The summed E-state index contributed by atoms with van der Waals surface area (Å²) in [6.07, 6.45) is 1.50. The van der Waals surface area contributed by atoms with Gasteiger partial charge in [0.15, 0.2) is 0 Å². The molecule has 1 aromatic heterocycles. The number of morpholine rings is 1. The van der Waals surface area contributed by atoms with Gasteiger partial charge in [0.25, 0.3) is 0 Å². The van der Waals surface area contributed by atoms with Gasteiger partial charge in [-0.05, 0) is 58.7 Å². The van der Waals surface area contributed by atoms with E-state index in [2.05, 4.69) is 62.7 Å². The summed E-state index contributed by atoms with van der Waals surface area (Å²) in [4.78, 5) is 15.6. The number of phenolic OH excluding ortho intramolecular Hbond substituents is 1. The number of nitrogens with one attached hydrogen (secondary N) is 2. The number of phenols is 1. The van der Waals surface area contributed by atoms with Crippen LogP contribution in [-0.2, 0) is 4.74 Å². The molecule has 3 aromatic rings. The van der Waals surface area contributed by atoms with Gasteiger partial charge in [-0.2, -0.15) is 20.1 Å². The Hall–Kier alpha value is -2.76. The van der Waals surface area contributed by atoms with Crippen LogP contribution in [0.2, 0.25) is 0 Å². The van der Waals surface area contributed by atoms with Crippen LogP contribution >= 0.6 is 31.9 Å². The van der Waals surface area contributed by atoms with Crippen molar-refractivity contribution in [1.82, 2.24) is 15.0 Å². The zero-order valence-corrected chi connectivity index (χ0v) is 20.4. The van der Waals surface area contributed by atoms with Gasteiger partial charge in [-0.1, -0.05) is 22.0 Å². The van der Waals surface area contributed by atoms with Crippen molar-refractivity contribution < 1.29 is 9.84 Å². The van der Waals surface area contributed by atoms with Crippen molar-refractivity contribution >= 4 is 61.6 Å². The van der Waals surface area contributed by atoms with E-state index in [0.717, 1.165) is 20.2 Å². The van der Waals surface area contributed by atoms with Crippen LogP contribution in [0.4, 0.5) is 23.5 Å². The van der Waals surface area contributed by atoms with Gasteiger partial charge in [-0.3, -0.25) is 0 Å². The van der Waals surface area contributed by atoms with E-state index in [1.54, 1.807) is 18.2 Å². The summed E-state index contributed by atoms with van der Waals surface area (Å²) in [5.41, 5.74) is 5.37. The number of aryl methyl sites for hydroxylation is 1. The Morgan fingerprint density at radius 1 is 1.06 bits per heavy atom. The number of halogens is 2. The SMILES string of the molecule is Cc1ccc(Nc2nc(N/N=C/c3cc(Br)ccc3O)nc(N3CCOCC3)n2)c(Br)c1. The minimum Gasteiger partial charge on any atom is -0.507 e. The lowest BCUT2D eigenvalue weighted by atomic mass is 10.2. The molecule has 0 aliphatic carbocycles. The molecular formula is C21H21Br2N7O2. The van der Waals surface area contributed by atoms with Crippen molar-refractivity contribution in [2.45, 2.75) is 6.92 Å². The smallest absolute Gasteiger partial charge is 0.250 e. The predicted molar refractivity (Wildman–Crippen MR) is 132 cm³/mol. The quantitative estimate of drug-likeness (QED) is 0.299. The maximum atomic E-state index is 9.99. The van der Waals surface area contributed by atoms with E-state index < -0.39 is 0 Å². The van der Waals surface area contributed by atoms with Crippen molar-refractivity contribution in [3.8, 4) is 5.75 Å². The third-order valence-electron chi connectivity index (χ3n) is 4.65. The van der Waals surface area contributed by atoms with Crippen LogP contribution in [0.15, 0.2) is 50.4 Å². The molecule has 1 aliphatic heterocycles. The first-order valence-corrected chi connectivity index (χ1v) is 11.5. The maximum absolute atomic E-state index is 9.99. The number of aromatic nitrogens is 3. The lowest BCUT2D eigenvalue weighted by Crippen LogP contribution is -2.37. The summed E-state index contributed by atoms with van der Waals surface area (Å²) >= 11 is 6.96. The summed E-state index contributed by atoms with van der Waals surface area (Å²) in [5.74, 6) is 1.30. The number of rotatable bonds is 6. The summed E-state index contributed by atoms with van der Waals surface area (Å²) in [6.45, 7) is 4.62. The fourth-order valence-corrected chi connectivity index (χ4v) is 3.98. The minimum atomic E-state index is 0.120. The van der Waals surface area contributed by atoms with Crippen molar-refractivity contribution in [2.24, 2.45) is 5.10 Å². The second-order valence-electron chi connectivity index (χ2n) is 7.06. The highest BCUT2D eigenvalue weighted by Crippen LogP contribution is 2.27. The molecule has 32 heavy (non-hydrogen) atoms. The van der Waals surface area contributed by atoms with Crippen LogP contribution in [0.1, 0.15) is 11.1 Å². The Balaban J connectivity index is 1.60. The second kappa shape index (κ2) is 10.2. The molecule has 0 unspecified atom stereocenters. The minimum absolute atomic E-state index is 0.120. The molecule has 0 spiro atoms. The number of nitrogens with zero attached hydrogens (tertiary/aromatic N) is 5. The van der Waals surface area contributed by atoms with E-state index in [0.29, 0.717) is 43.8 Å². The summed E-state index contributed by atoms with van der Waals surface area (Å²) < 4.78 is 7.18. The first-order valence-electron chi connectivity index (χ1n) is 9.87. The molecule has 0 atom stereocenters. The van der Waals surface area contributed by atoms with E-state index in [1.165, 1.54) is 6.21 Å². The van der Waals surface area contributed by atoms with Gasteiger partial charge >= 0.3 is 0 Å². The van der Waals surface area contributed by atoms with Crippen LogP contribution in [-0.4, -0.2) is 52.6 Å². The van der Waals surface area contributed by atoms with Crippen molar-refractivity contribution in [3.63, 3.8) is 0 Å². The molecule has 11 heteroatoms. The summed E-state index contributed by atoms with van der Waals surface area (Å²) in [6, 6.07) is 11.1. The number of anilines is 4. The van der Waals surface area contributed by atoms with Crippen molar-refractivity contribution in [2.75, 3.05) is 41.9 Å². The average molecular weight is 563 g/mol. The molecule has 4 rings (SSSR count). The van der Waals surface area contributed by atoms with Gasteiger partial charge < -0.3 is 20.1 Å². The zero-order valence-electron chi connectivity index (χ0n) is 17.2. The third-order valence-corrected chi connectivity index (χ3v) is 5.80. The van der Waals surface area contributed by atoms with Gasteiger partial charge in [0.05, 0.1) is 25.1 Å². The number of hydrazone groups is 1. The first-order chi connectivity index (χ1) is 15.5. The first kappa shape index (κ1) is 22.4. The van der Waals surface area contributed by atoms with Crippen LogP contribution in [0.5, 0.6) is 5.75 Å². The lowest BCUT2D eigenvalue weighted by molar-refractivity contribution is 0.122. The Bertz CT molecular complexity index is 1140. The highest BCUT2D eigenvalue weighted by atomic mass is 79.9. The van der Waals surface area contributed by atoms with E-state index in [-0.39, 0.29) is 11.7 Å². The molecule has 9 nitrogen and oxygen atoms in total. The fourth-order valence-electron chi connectivity index (χ4n) is 3.01. The highest BCUT2D eigenvalue weighted by molar-refractivity contribution is 9.10. The Morgan fingerprint density at radius 3 is 2.62 bits per heavy atom. The van der Waals surface area contributed by atoms with E-state index in [4.69, 9.17) is 4.74 Å². The highest BCUT2D eigenvalue weighted by Gasteiger charge is 2.17. The third kappa shape index (κ3) is 5.72. The van der Waals surface area contributed by atoms with Crippen LogP contribution in [0.25, 0.3) is 0 Å². The molecule has 0 bridgehead atoms. The molecular weight excluding hydrogens is 542 g/mol. The second-order valence-corrected chi connectivity index (χ2v) is 8.83. The summed E-state index contributed by atoms with van der Waals surface area (Å²) in [5, 5.41) is 17.4. The maximum Gasteiger partial charge on any atom is 0.250 e. The van der Waals surface area contributed by atoms with Gasteiger partial charge in [-0.15, -0.1) is 0 Å². The molecule has 1 fully saturated rings. The standard InChI is InChI=1S/C21H21Br2N7O2/c1-13-2-4-17(16(23)10-13)25-19-26-20(28-21(27-19)30-6-8-32-9-7-30)29-24-12-14-11-15(22)3-5-18(14)31/h2-5,10-12,31H,6-9H2,1H3,(H2,25,26,27,28,29)/b24-12+. The van der Waals surface area contributed by atoms with Crippen LogP contribution < -0.4 is 15.6 Å². The topological polar surface area (TPSA) is 108 Å². The largest absolute Gasteiger partial charge is 0.507 e. The molecule has 1 saturated heterocycles. The number of hydrogen-bond donors (Lipinski definition) is 3. The number of aromatic hydroxyl groups is 1. The van der Waals surface area contributed by atoms with Crippen molar-refractivity contribution in [3.05, 3.63) is 56.5 Å². The number of ether oxygens (including phenoxy) is 1. The van der Waals surface area contributed by atoms with Crippen molar-refractivity contribution in [1.29, 1.82) is 0 Å². The molecule has 3 N–H and O–H groups in total. The van der Waals surface area contributed by atoms with Gasteiger partial charge in [0.2, 0.25) is 17.8 Å². The van der Waals surface area contributed by atoms with E-state index >= 15 is 0 Å². The van der Waals surface area contributed by atoms with Gasteiger partial charge in [0.1, 0.15) is 5.75 Å². The molecule has 166 valence electrons. The molecule has 2 aromatic carbocycles. The van der Waals surface area contributed by atoms with Gasteiger partial charge in [-0.25, -0.2) is 5.43 Å². The zero-order chi connectivity index (χ0) is 22.5. The monoisotopic (exact) mass is 561 g/mol.